The average Bonchev–Trinajstić information content (AvgIpc) is 3.03. The van der Waals surface area contributed by atoms with Crippen LogP contribution < -0.4 is 4.74 Å². The Hall–Kier alpha value is -5.40. The minimum atomic E-state index is 0.863. The molecule has 1 aliphatic heterocycles. The van der Waals surface area contributed by atoms with Crippen LogP contribution in [-0.2, 0) is 0 Å². The van der Waals surface area contributed by atoms with E-state index < -0.39 is 0 Å². The van der Waals surface area contributed by atoms with Gasteiger partial charge in [-0.3, -0.25) is 0 Å². The molecule has 7 rings (SSSR count). The smallest absolute Gasteiger partial charge is 0.135 e. The van der Waals surface area contributed by atoms with E-state index in [2.05, 4.69) is 111 Å². The van der Waals surface area contributed by atoms with Crippen LogP contribution in [0, 0.1) is 0 Å². The van der Waals surface area contributed by atoms with Crippen molar-refractivity contribution in [3.63, 3.8) is 0 Å². The maximum Gasteiger partial charge on any atom is 0.135 e. The van der Waals surface area contributed by atoms with Crippen molar-refractivity contribution in [3.05, 3.63) is 146 Å². The van der Waals surface area contributed by atoms with Gasteiger partial charge in [0.2, 0.25) is 0 Å². The van der Waals surface area contributed by atoms with Crippen LogP contribution in [0.1, 0.15) is 22.3 Å². The fourth-order valence-electron chi connectivity index (χ4n) is 6.43. The highest BCUT2D eigenvalue weighted by Crippen LogP contribution is 2.50. The number of ether oxygens (including phenoxy) is 1. The summed E-state index contributed by atoms with van der Waals surface area (Å²) in [6.07, 6.45) is 7.71. The van der Waals surface area contributed by atoms with E-state index in [1.54, 1.807) is 0 Å². The third-order valence-electron chi connectivity index (χ3n) is 8.18. The van der Waals surface area contributed by atoms with Crippen LogP contribution in [0.25, 0.3) is 79.2 Å². The minimum absolute atomic E-state index is 0.863. The van der Waals surface area contributed by atoms with Gasteiger partial charge in [0.1, 0.15) is 11.5 Å². The van der Waals surface area contributed by atoms with Crippen molar-refractivity contribution >= 4 is 45.8 Å². The number of hydrogen-bond acceptors (Lipinski definition) is 1. The van der Waals surface area contributed by atoms with E-state index in [1.807, 2.05) is 36.4 Å². The van der Waals surface area contributed by atoms with Gasteiger partial charge in [0.25, 0.3) is 0 Å². The predicted molar refractivity (Wildman–Crippen MR) is 178 cm³/mol. The van der Waals surface area contributed by atoms with Crippen molar-refractivity contribution in [2.45, 2.75) is 0 Å². The monoisotopic (exact) mass is 524 g/mol. The van der Waals surface area contributed by atoms with Crippen molar-refractivity contribution in [2.75, 3.05) is 0 Å². The van der Waals surface area contributed by atoms with Crippen LogP contribution in [0.5, 0.6) is 11.5 Å². The van der Waals surface area contributed by atoms with Crippen molar-refractivity contribution in [1.82, 2.24) is 0 Å². The highest BCUT2D eigenvalue weighted by atomic mass is 16.5. The summed E-state index contributed by atoms with van der Waals surface area (Å²) in [6, 6.07) is 34.1. The molecule has 6 aromatic rings. The molecule has 0 saturated heterocycles. The molecule has 0 saturated carbocycles. The molecule has 1 heterocycles. The lowest BCUT2D eigenvalue weighted by Gasteiger charge is -2.24. The minimum Gasteiger partial charge on any atom is -0.456 e. The Morgan fingerprint density at radius 1 is 0.488 bits per heavy atom. The zero-order valence-corrected chi connectivity index (χ0v) is 22.8. The Kier molecular flexibility index (Phi) is 5.80. The number of rotatable bonds is 6. The molecule has 0 amide bonds. The van der Waals surface area contributed by atoms with Crippen LogP contribution in [0.4, 0.5) is 0 Å². The molecule has 0 N–H and O–H groups in total. The van der Waals surface area contributed by atoms with Crippen LogP contribution >= 0.6 is 0 Å². The summed E-state index contributed by atoms with van der Waals surface area (Å²) in [6.45, 7) is 16.7. The van der Waals surface area contributed by atoms with Gasteiger partial charge in [0.05, 0.1) is 0 Å². The van der Waals surface area contributed by atoms with Gasteiger partial charge in [0.15, 0.2) is 0 Å². The summed E-state index contributed by atoms with van der Waals surface area (Å²) in [5, 5.41) is 4.62. The van der Waals surface area contributed by atoms with Crippen molar-refractivity contribution < 1.29 is 4.74 Å². The van der Waals surface area contributed by atoms with Crippen molar-refractivity contribution in [2.24, 2.45) is 0 Å². The summed E-state index contributed by atoms with van der Waals surface area (Å²) < 4.78 is 6.40. The Morgan fingerprint density at radius 3 is 1.88 bits per heavy atom. The topological polar surface area (TPSA) is 9.23 Å². The summed E-state index contributed by atoms with van der Waals surface area (Å²) in [5.74, 6) is 1.76. The summed E-state index contributed by atoms with van der Waals surface area (Å²) in [5.41, 5.74) is 10.9. The molecular weight excluding hydrogens is 496 g/mol. The van der Waals surface area contributed by atoms with Gasteiger partial charge in [-0.2, -0.15) is 0 Å². The fraction of sp³-hybridized carbons (Fsp3) is 0. The second-order valence-electron chi connectivity index (χ2n) is 10.2. The zero-order chi connectivity index (χ0) is 28.1. The maximum atomic E-state index is 6.40. The van der Waals surface area contributed by atoms with E-state index >= 15 is 0 Å². The average molecular weight is 525 g/mol. The molecule has 1 nitrogen and oxygen atoms in total. The lowest BCUT2D eigenvalue weighted by Crippen LogP contribution is -2.00. The highest BCUT2D eigenvalue weighted by molar-refractivity contribution is 6.13. The molecule has 0 spiro atoms. The first-order chi connectivity index (χ1) is 20.2. The van der Waals surface area contributed by atoms with Gasteiger partial charge in [0, 0.05) is 10.9 Å². The summed E-state index contributed by atoms with van der Waals surface area (Å²) in [7, 11) is 0. The number of fused-ring (bicyclic) bond motifs is 3. The van der Waals surface area contributed by atoms with Gasteiger partial charge >= 0.3 is 0 Å². The molecule has 0 atom stereocenters. The standard InChI is InChI=1S/C40H28O/c1-5-25-14-11-19-31(28(25)6-2)40-30(8-4)29(7-3)38(32-17-9-10-18-33(32)40)27-22-23-36-35(24-27)34-20-12-15-26-16-13-21-37(41-36)39(26)34/h5-24H,1-4H2. The second-order valence-corrected chi connectivity index (χ2v) is 10.2. The van der Waals surface area contributed by atoms with Gasteiger partial charge in [-0.1, -0.05) is 129 Å². The SMILES string of the molecule is C=Cc1cccc(-c2c(C=C)c(C=C)c(-c3ccc4c(c3)-c3cccc5cccc(c35)O4)c3ccccc23)c1C=C. The van der Waals surface area contributed by atoms with Crippen LogP contribution in [0.15, 0.2) is 123 Å². The first-order valence-corrected chi connectivity index (χ1v) is 13.7. The van der Waals surface area contributed by atoms with Gasteiger partial charge in [-0.15, -0.1) is 0 Å². The Bertz CT molecular complexity index is 2080. The largest absolute Gasteiger partial charge is 0.456 e. The molecule has 0 bridgehead atoms. The lowest BCUT2D eigenvalue weighted by molar-refractivity contribution is 0.487. The van der Waals surface area contributed by atoms with Crippen molar-refractivity contribution in [3.8, 4) is 44.9 Å². The molecule has 0 radical (unpaired) electrons. The van der Waals surface area contributed by atoms with Crippen molar-refractivity contribution in [1.29, 1.82) is 0 Å². The van der Waals surface area contributed by atoms with Gasteiger partial charge in [-0.25, -0.2) is 0 Å². The molecule has 0 fully saturated rings. The normalized spacial score (nSPS) is 11.5. The van der Waals surface area contributed by atoms with Crippen LogP contribution in [0.3, 0.4) is 0 Å². The predicted octanol–water partition coefficient (Wildman–Crippen LogP) is 11.7. The first-order valence-electron chi connectivity index (χ1n) is 13.7. The molecule has 1 aliphatic rings. The fourth-order valence-corrected chi connectivity index (χ4v) is 6.43. The van der Waals surface area contributed by atoms with Crippen LogP contribution in [0.2, 0.25) is 0 Å². The van der Waals surface area contributed by atoms with E-state index in [0.717, 1.165) is 77.7 Å². The molecule has 0 unspecified atom stereocenters. The van der Waals surface area contributed by atoms with E-state index in [-0.39, 0.29) is 0 Å². The Labute approximate surface area is 240 Å². The first kappa shape index (κ1) is 24.6. The van der Waals surface area contributed by atoms with E-state index in [4.69, 9.17) is 4.74 Å². The summed E-state index contributed by atoms with van der Waals surface area (Å²) in [4.78, 5) is 0. The molecule has 194 valence electrons. The van der Waals surface area contributed by atoms with E-state index in [0.29, 0.717) is 0 Å². The number of benzene rings is 6. The third kappa shape index (κ3) is 3.63. The van der Waals surface area contributed by atoms with E-state index in [1.165, 1.54) is 10.9 Å². The van der Waals surface area contributed by atoms with Gasteiger partial charge in [-0.05, 0) is 84.4 Å². The molecule has 6 aromatic carbocycles. The van der Waals surface area contributed by atoms with Gasteiger partial charge < -0.3 is 4.74 Å². The maximum absolute atomic E-state index is 6.40. The lowest BCUT2D eigenvalue weighted by atomic mass is 9.81. The molecule has 41 heavy (non-hydrogen) atoms. The second kappa shape index (κ2) is 9.66. The quantitative estimate of drug-likeness (QED) is 0.210. The molecule has 1 heteroatoms. The van der Waals surface area contributed by atoms with E-state index in [9.17, 15) is 0 Å². The Balaban J connectivity index is 1.56. The molecule has 0 aliphatic carbocycles. The number of hydrogen-bond donors (Lipinski definition) is 0. The third-order valence-corrected chi connectivity index (χ3v) is 8.18. The van der Waals surface area contributed by atoms with Crippen LogP contribution in [-0.4, -0.2) is 0 Å². The highest BCUT2D eigenvalue weighted by Gasteiger charge is 2.24. The molecule has 0 aromatic heterocycles. The zero-order valence-electron chi connectivity index (χ0n) is 22.8. The summed E-state index contributed by atoms with van der Waals surface area (Å²) >= 11 is 0. The Morgan fingerprint density at radius 2 is 1.15 bits per heavy atom. The molecular formula is C40H28O.